The van der Waals surface area contributed by atoms with Crippen molar-refractivity contribution in [3.63, 3.8) is 0 Å². The number of halogens is 1. The van der Waals surface area contributed by atoms with Crippen LogP contribution in [0.1, 0.15) is 21.5 Å². The van der Waals surface area contributed by atoms with Crippen LogP contribution in [-0.2, 0) is 6.54 Å². The number of carbonyl (C=O) groups is 1. The van der Waals surface area contributed by atoms with Crippen LogP contribution in [0, 0.1) is 12.7 Å². The van der Waals surface area contributed by atoms with Crippen LogP contribution in [-0.4, -0.2) is 15.9 Å². The van der Waals surface area contributed by atoms with Crippen molar-refractivity contribution in [2.24, 2.45) is 0 Å². The fraction of sp³-hybridized carbons (Fsp3) is 0.0870. The van der Waals surface area contributed by atoms with Gasteiger partial charge in [0.1, 0.15) is 11.6 Å². The largest absolute Gasteiger partial charge is 0.368 e. The van der Waals surface area contributed by atoms with E-state index in [-0.39, 0.29) is 17.7 Å². The molecule has 4 N–H and O–H groups in total. The van der Waals surface area contributed by atoms with E-state index in [2.05, 4.69) is 20.6 Å². The van der Waals surface area contributed by atoms with E-state index in [1.807, 2.05) is 49.4 Å². The average Bonchev–Trinajstić information content (AvgIpc) is 2.74. The van der Waals surface area contributed by atoms with Crippen LogP contribution in [0.3, 0.4) is 0 Å². The lowest BCUT2D eigenvalue weighted by molar-refractivity contribution is 0.102. The Kier molecular flexibility index (Phi) is 5.26. The van der Waals surface area contributed by atoms with Crippen molar-refractivity contribution < 1.29 is 9.18 Å². The average molecular weight is 401 g/mol. The van der Waals surface area contributed by atoms with Crippen LogP contribution in [0.5, 0.6) is 0 Å². The summed E-state index contributed by atoms with van der Waals surface area (Å²) in [5, 5.41) is 7.02. The van der Waals surface area contributed by atoms with Crippen molar-refractivity contribution in [3.05, 3.63) is 89.2 Å². The molecule has 30 heavy (non-hydrogen) atoms. The summed E-state index contributed by atoms with van der Waals surface area (Å²) in [6, 6.07) is 18.8. The number of nitrogens with zero attached hydrogens (tertiary/aromatic N) is 2. The number of nitrogens with one attached hydrogen (secondary N) is 2. The SMILES string of the molecule is Cc1ccc2nc(N)nc(NCc3ccc(NC(=O)c4ccc(F)cc4)cc3)c2c1. The number of amides is 1. The molecule has 7 heteroatoms. The number of aryl methyl sites for hydroxylation is 1. The molecule has 0 aliphatic carbocycles. The lowest BCUT2D eigenvalue weighted by Gasteiger charge is -2.11. The second-order valence-corrected chi connectivity index (χ2v) is 6.96. The van der Waals surface area contributed by atoms with Gasteiger partial charge in [-0.2, -0.15) is 4.98 Å². The van der Waals surface area contributed by atoms with E-state index in [1.165, 1.54) is 24.3 Å². The quantitative estimate of drug-likeness (QED) is 0.457. The van der Waals surface area contributed by atoms with Gasteiger partial charge in [-0.25, -0.2) is 9.37 Å². The zero-order chi connectivity index (χ0) is 21.1. The Hall–Kier alpha value is -4.00. The van der Waals surface area contributed by atoms with Gasteiger partial charge in [0.25, 0.3) is 5.91 Å². The van der Waals surface area contributed by atoms with E-state index in [0.717, 1.165) is 22.0 Å². The van der Waals surface area contributed by atoms with E-state index in [0.29, 0.717) is 23.6 Å². The first kappa shape index (κ1) is 19.3. The summed E-state index contributed by atoms with van der Waals surface area (Å²) in [4.78, 5) is 20.8. The molecule has 0 atom stereocenters. The van der Waals surface area contributed by atoms with Crippen LogP contribution in [0.25, 0.3) is 10.9 Å². The first-order chi connectivity index (χ1) is 14.5. The third-order valence-electron chi connectivity index (χ3n) is 4.65. The number of hydrogen-bond donors (Lipinski definition) is 3. The number of nitrogens with two attached hydrogens (primary N) is 1. The summed E-state index contributed by atoms with van der Waals surface area (Å²) < 4.78 is 13.0. The molecule has 0 saturated carbocycles. The molecule has 0 bridgehead atoms. The van der Waals surface area contributed by atoms with Gasteiger partial charge >= 0.3 is 0 Å². The number of fused-ring (bicyclic) bond motifs is 1. The second kappa shape index (κ2) is 8.16. The number of aromatic nitrogens is 2. The molecular weight excluding hydrogens is 381 g/mol. The molecule has 1 amide bonds. The molecule has 0 fully saturated rings. The molecule has 0 saturated heterocycles. The smallest absolute Gasteiger partial charge is 0.255 e. The Balaban J connectivity index is 1.44. The minimum absolute atomic E-state index is 0.215. The standard InChI is InChI=1S/C23H20FN5O/c1-14-2-11-20-19(12-14)21(29-23(25)28-20)26-13-15-3-9-18(10-4-15)27-22(30)16-5-7-17(24)8-6-16/h2-12H,13H2,1H3,(H,27,30)(H3,25,26,28,29). The first-order valence-corrected chi connectivity index (χ1v) is 9.41. The van der Waals surface area contributed by atoms with Crippen molar-refractivity contribution in [1.29, 1.82) is 0 Å². The van der Waals surface area contributed by atoms with Crippen molar-refractivity contribution in [3.8, 4) is 0 Å². The van der Waals surface area contributed by atoms with Crippen molar-refractivity contribution in [2.45, 2.75) is 13.5 Å². The van der Waals surface area contributed by atoms with E-state index < -0.39 is 0 Å². The van der Waals surface area contributed by atoms with Gasteiger partial charge in [0.15, 0.2) is 0 Å². The highest BCUT2D eigenvalue weighted by Gasteiger charge is 2.08. The number of nitrogen functional groups attached to an aromatic ring is 1. The van der Waals surface area contributed by atoms with Gasteiger partial charge in [0, 0.05) is 23.2 Å². The van der Waals surface area contributed by atoms with E-state index in [1.54, 1.807) is 0 Å². The van der Waals surface area contributed by atoms with Crippen LogP contribution < -0.4 is 16.4 Å². The maximum atomic E-state index is 13.0. The third-order valence-corrected chi connectivity index (χ3v) is 4.65. The topological polar surface area (TPSA) is 92.9 Å². The number of hydrogen-bond acceptors (Lipinski definition) is 5. The summed E-state index contributed by atoms with van der Waals surface area (Å²) >= 11 is 0. The van der Waals surface area contributed by atoms with Crippen LogP contribution in [0.4, 0.5) is 21.8 Å². The molecule has 6 nitrogen and oxygen atoms in total. The second-order valence-electron chi connectivity index (χ2n) is 6.96. The minimum Gasteiger partial charge on any atom is -0.368 e. The monoisotopic (exact) mass is 401 g/mol. The Bertz CT molecular complexity index is 1210. The molecule has 0 unspecified atom stereocenters. The van der Waals surface area contributed by atoms with Gasteiger partial charge in [0.05, 0.1) is 5.52 Å². The molecule has 1 heterocycles. The fourth-order valence-corrected chi connectivity index (χ4v) is 3.09. The summed E-state index contributed by atoms with van der Waals surface area (Å²) in [6.07, 6.45) is 0. The van der Waals surface area contributed by atoms with Crippen LogP contribution in [0.15, 0.2) is 66.7 Å². The predicted molar refractivity (Wildman–Crippen MR) is 117 cm³/mol. The van der Waals surface area contributed by atoms with E-state index in [4.69, 9.17) is 5.73 Å². The van der Waals surface area contributed by atoms with Crippen LogP contribution in [0.2, 0.25) is 0 Å². The van der Waals surface area contributed by atoms with Gasteiger partial charge in [-0.1, -0.05) is 23.8 Å². The number of anilines is 3. The highest BCUT2D eigenvalue weighted by molar-refractivity contribution is 6.04. The lowest BCUT2D eigenvalue weighted by Crippen LogP contribution is -2.12. The zero-order valence-electron chi connectivity index (χ0n) is 16.3. The van der Waals surface area contributed by atoms with Gasteiger partial charge in [0.2, 0.25) is 5.95 Å². The molecule has 0 spiro atoms. The number of carbonyl (C=O) groups excluding carboxylic acids is 1. The lowest BCUT2D eigenvalue weighted by atomic mass is 10.1. The van der Waals surface area contributed by atoms with E-state index >= 15 is 0 Å². The molecule has 150 valence electrons. The summed E-state index contributed by atoms with van der Waals surface area (Å²) in [5.41, 5.74) is 9.78. The minimum atomic E-state index is -0.378. The molecule has 0 radical (unpaired) electrons. The van der Waals surface area contributed by atoms with Gasteiger partial charge in [-0.3, -0.25) is 4.79 Å². The molecule has 4 rings (SSSR count). The first-order valence-electron chi connectivity index (χ1n) is 9.41. The van der Waals surface area contributed by atoms with E-state index in [9.17, 15) is 9.18 Å². The highest BCUT2D eigenvalue weighted by atomic mass is 19.1. The maximum absolute atomic E-state index is 13.0. The molecule has 1 aromatic heterocycles. The Labute approximate surface area is 173 Å². The van der Waals surface area contributed by atoms with Crippen molar-refractivity contribution >= 4 is 34.3 Å². The maximum Gasteiger partial charge on any atom is 0.255 e. The van der Waals surface area contributed by atoms with Gasteiger partial charge in [-0.15, -0.1) is 0 Å². The molecule has 3 aromatic carbocycles. The molecule has 0 aliphatic heterocycles. The summed E-state index contributed by atoms with van der Waals surface area (Å²) in [7, 11) is 0. The predicted octanol–water partition coefficient (Wildman–Crippen LogP) is 4.52. The van der Waals surface area contributed by atoms with Gasteiger partial charge < -0.3 is 16.4 Å². The molecule has 4 aromatic rings. The Morgan fingerprint density at radius 3 is 2.47 bits per heavy atom. The normalized spacial score (nSPS) is 10.7. The Morgan fingerprint density at radius 1 is 1.00 bits per heavy atom. The molecular formula is C23H20FN5O. The third kappa shape index (κ3) is 4.35. The summed E-state index contributed by atoms with van der Waals surface area (Å²) in [5.74, 6) is 0.221. The fourth-order valence-electron chi connectivity index (χ4n) is 3.09. The van der Waals surface area contributed by atoms with Crippen molar-refractivity contribution in [1.82, 2.24) is 9.97 Å². The van der Waals surface area contributed by atoms with Gasteiger partial charge in [-0.05, 0) is 61.0 Å². The number of benzene rings is 3. The molecule has 0 aliphatic rings. The Morgan fingerprint density at radius 2 is 1.73 bits per heavy atom. The zero-order valence-corrected chi connectivity index (χ0v) is 16.3. The van der Waals surface area contributed by atoms with Crippen molar-refractivity contribution in [2.75, 3.05) is 16.4 Å². The number of rotatable bonds is 5. The van der Waals surface area contributed by atoms with Crippen LogP contribution >= 0.6 is 0 Å². The summed E-state index contributed by atoms with van der Waals surface area (Å²) in [6.45, 7) is 2.55. The highest BCUT2D eigenvalue weighted by Crippen LogP contribution is 2.23.